The third kappa shape index (κ3) is 3.56. The van der Waals surface area contributed by atoms with E-state index in [1.54, 1.807) is 17.2 Å². The van der Waals surface area contributed by atoms with Gasteiger partial charge in [0.1, 0.15) is 11.8 Å². The van der Waals surface area contributed by atoms with E-state index >= 15 is 0 Å². The number of hydrogen-bond donors (Lipinski definition) is 0. The number of nitrogens with zero attached hydrogens (tertiary/aromatic N) is 2. The molecule has 1 saturated heterocycles. The molecule has 0 aromatic carbocycles. The molecule has 3 amide bonds. The molecule has 152 valence electrons. The van der Waals surface area contributed by atoms with Crippen molar-refractivity contribution in [2.45, 2.75) is 58.0 Å². The van der Waals surface area contributed by atoms with Crippen LogP contribution < -0.4 is 4.90 Å². The van der Waals surface area contributed by atoms with Crippen LogP contribution in [0.4, 0.5) is 9.80 Å². The number of carbonyl (C=O) groups is 2. The molecule has 0 aliphatic carbocycles. The first-order valence-corrected chi connectivity index (χ1v) is 13.3. The summed E-state index contributed by atoms with van der Waals surface area (Å²) in [5, 5.41) is 2.74. The van der Waals surface area contributed by atoms with E-state index in [1.807, 2.05) is 30.5 Å². The Morgan fingerprint density at radius 2 is 1.93 bits per heavy atom. The molecular formula is C20H28N2O4SSi. The van der Waals surface area contributed by atoms with Crippen molar-refractivity contribution in [3.8, 4) is 0 Å². The maximum Gasteiger partial charge on any atom is 0.332 e. The minimum absolute atomic E-state index is 0.270. The van der Waals surface area contributed by atoms with Gasteiger partial charge < -0.3 is 8.84 Å². The van der Waals surface area contributed by atoms with E-state index in [9.17, 15) is 9.59 Å². The van der Waals surface area contributed by atoms with Crippen LogP contribution >= 0.6 is 11.3 Å². The van der Waals surface area contributed by atoms with Crippen LogP contribution in [0.5, 0.6) is 0 Å². The van der Waals surface area contributed by atoms with Gasteiger partial charge in [-0.2, -0.15) is 0 Å². The van der Waals surface area contributed by atoms with Gasteiger partial charge in [-0.3, -0.25) is 9.69 Å². The summed E-state index contributed by atoms with van der Waals surface area (Å²) in [7, 11) is -2.01. The quantitative estimate of drug-likeness (QED) is 0.431. The lowest BCUT2D eigenvalue weighted by molar-refractivity contribution is -0.159. The molecule has 2 aromatic heterocycles. The van der Waals surface area contributed by atoms with Gasteiger partial charge in [0, 0.05) is 6.54 Å². The minimum Gasteiger partial charge on any atom is -0.467 e. The molecule has 0 N–H and O–H groups in total. The minimum atomic E-state index is -2.01. The van der Waals surface area contributed by atoms with E-state index in [0.29, 0.717) is 12.3 Å². The van der Waals surface area contributed by atoms with Crippen molar-refractivity contribution >= 4 is 36.6 Å². The molecule has 1 fully saturated rings. The molecule has 28 heavy (non-hydrogen) atoms. The Morgan fingerprint density at radius 3 is 2.43 bits per heavy atom. The molecule has 3 heterocycles. The van der Waals surface area contributed by atoms with Crippen molar-refractivity contribution in [1.29, 1.82) is 0 Å². The maximum absolute atomic E-state index is 13.2. The Bertz CT molecular complexity index is 781. The van der Waals surface area contributed by atoms with E-state index in [0.717, 1.165) is 23.1 Å². The number of hydrogen-bond acceptors (Lipinski definition) is 5. The van der Waals surface area contributed by atoms with Crippen LogP contribution in [0.15, 0.2) is 40.3 Å². The molecule has 0 spiro atoms. The summed E-state index contributed by atoms with van der Waals surface area (Å²) >= 11 is 1.48. The van der Waals surface area contributed by atoms with E-state index in [1.165, 1.54) is 16.2 Å². The van der Waals surface area contributed by atoms with Crippen molar-refractivity contribution in [3.05, 3.63) is 41.7 Å². The predicted octanol–water partition coefficient (Wildman–Crippen LogP) is 5.26. The summed E-state index contributed by atoms with van der Waals surface area (Å²) in [5.41, 5.74) is 0. The zero-order valence-electron chi connectivity index (χ0n) is 16.9. The van der Waals surface area contributed by atoms with E-state index in [2.05, 4.69) is 20.8 Å². The lowest BCUT2D eigenvalue weighted by atomic mass is 9.96. The highest BCUT2D eigenvalue weighted by molar-refractivity contribution is 7.14. The van der Waals surface area contributed by atoms with Crippen LogP contribution in [0.25, 0.3) is 0 Å². The fourth-order valence-electron chi connectivity index (χ4n) is 3.73. The Hall–Kier alpha value is -1.90. The number of likely N-dealkylation sites (tertiary alicyclic amines) is 1. The van der Waals surface area contributed by atoms with Crippen molar-refractivity contribution in [2.75, 3.05) is 11.4 Å². The maximum atomic E-state index is 13.2. The highest BCUT2D eigenvalue weighted by Gasteiger charge is 2.57. The molecular weight excluding hydrogens is 392 g/mol. The molecule has 0 unspecified atom stereocenters. The van der Waals surface area contributed by atoms with Crippen LogP contribution in [-0.2, 0) is 9.22 Å². The normalized spacial score (nSPS) is 19.6. The smallest absolute Gasteiger partial charge is 0.332 e. The average molecular weight is 421 g/mol. The lowest BCUT2D eigenvalue weighted by Gasteiger charge is -2.48. The molecule has 3 rings (SSSR count). The second-order valence-corrected chi connectivity index (χ2v) is 12.6. The molecule has 1 aliphatic heterocycles. The van der Waals surface area contributed by atoms with Crippen LogP contribution in [0.3, 0.4) is 0 Å². The van der Waals surface area contributed by atoms with Gasteiger partial charge in [-0.25, -0.2) is 9.69 Å². The molecule has 2 atom stereocenters. The summed E-state index contributed by atoms with van der Waals surface area (Å²) in [6.45, 7) is 8.77. The molecule has 6 nitrogen and oxygen atoms in total. The average Bonchev–Trinajstić information content (AvgIpc) is 3.42. The monoisotopic (exact) mass is 420 g/mol. The fourth-order valence-corrected chi connectivity index (χ4v) is 7.29. The highest BCUT2D eigenvalue weighted by Crippen LogP contribution is 2.42. The van der Waals surface area contributed by atoms with Gasteiger partial charge in [0.25, 0.3) is 5.91 Å². The first-order chi connectivity index (χ1) is 13.5. The number of β-lactam (4-membered cyclic amide) rings is 1. The van der Waals surface area contributed by atoms with Gasteiger partial charge in [0.15, 0.2) is 14.4 Å². The Kier molecular flexibility index (Phi) is 6.42. The number of rotatable bonds is 8. The number of carbonyl (C=O) groups excluding carboxylic acids is 2. The standard InChI is InChI=1S/C20H28N2O4SSi/c1-5-21(16-12-10-14-27-16)20(24)22-17(15-11-9-13-25-15)18(19(22)23)26-28(6-2,7-3)8-4/h9-14,17-18H,5-8H2,1-4H3/t17-,18+/m1/s1. The molecule has 0 saturated carbocycles. The first-order valence-electron chi connectivity index (χ1n) is 9.91. The van der Waals surface area contributed by atoms with Crippen LogP contribution in [0.1, 0.15) is 39.5 Å². The predicted molar refractivity (Wildman–Crippen MR) is 113 cm³/mol. The van der Waals surface area contributed by atoms with Crippen molar-refractivity contribution in [1.82, 2.24) is 4.90 Å². The zero-order valence-corrected chi connectivity index (χ0v) is 18.7. The number of thiophene rings is 1. The van der Waals surface area contributed by atoms with Crippen LogP contribution in [0.2, 0.25) is 18.1 Å². The second-order valence-electron chi connectivity index (χ2n) is 6.93. The summed E-state index contributed by atoms with van der Waals surface area (Å²) in [6.07, 6.45) is 0.919. The molecule has 1 aliphatic rings. The first kappa shape index (κ1) is 20.8. The highest BCUT2D eigenvalue weighted by atomic mass is 32.1. The van der Waals surface area contributed by atoms with E-state index in [4.69, 9.17) is 8.84 Å². The SMILES string of the molecule is CCN(C(=O)N1C(=O)[C@@H](O[Si](CC)(CC)CC)[C@H]1c1ccco1)c1cccs1. The fraction of sp³-hybridized carbons (Fsp3) is 0.500. The number of amides is 3. The Morgan fingerprint density at radius 1 is 1.21 bits per heavy atom. The van der Waals surface area contributed by atoms with Gasteiger partial charge >= 0.3 is 6.03 Å². The lowest BCUT2D eigenvalue weighted by Crippen LogP contribution is -2.66. The number of furan rings is 1. The number of urea groups is 1. The summed E-state index contributed by atoms with van der Waals surface area (Å²) in [4.78, 5) is 29.2. The van der Waals surface area contributed by atoms with Crippen molar-refractivity contribution in [2.24, 2.45) is 0 Å². The molecule has 0 radical (unpaired) electrons. The van der Waals surface area contributed by atoms with Crippen molar-refractivity contribution in [3.63, 3.8) is 0 Å². The zero-order chi connectivity index (χ0) is 20.3. The number of imide groups is 1. The van der Waals surface area contributed by atoms with Crippen molar-refractivity contribution < 1.29 is 18.4 Å². The third-order valence-corrected chi connectivity index (χ3v) is 11.2. The van der Waals surface area contributed by atoms with E-state index in [-0.39, 0.29) is 11.9 Å². The molecule has 8 heteroatoms. The Labute approximate surface area is 171 Å². The van der Waals surface area contributed by atoms with Gasteiger partial charge in [0.05, 0.1) is 11.3 Å². The van der Waals surface area contributed by atoms with Gasteiger partial charge in [-0.1, -0.05) is 20.8 Å². The van der Waals surface area contributed by atoms with E-state index < -0.39 is 20.5 Å². The summed E-state index contributed by atoms with van der Waals surface area (Å²) in [5.74, 6) is 0.319. The van der Waals surface area contributed by atoms with Gasteiger partial charge in [-0.05, 0) is 54.7 Å². The molecule has 0 bridgehead atoms. The topological polar surface area (TPSA) is 63.0 Å². The largest absolute Gasteiger partial charge is 0.467 e. The second kappa shape index (κ2) is 8.63. The third-order valence-electron chi connectivity index (χ3n) is 5.72. The van der Waals surface area contributed by atoms with Crippen LogP contribution in [-0.4, -0.2) is 37.8 Å². The van der Waals surface area contributed by atoms with Gasteiger partial charge in [-0.15, -0.1) is 11.3 Å². The summed E-state index contributed by atoms with van der Waals surface area (Å²) in [6, 6.07) is 9.36. The summed E-state index contributed by atoms with van der Waals surface area (Å²) < 4.78 is 12.1. The molecule has 2 aromatic rings. The van der Waals surface area contributed by atoms with Gasteiger partial charge in [0.2, 0.25) is 0 Å². The number of anilines is 1. The van der Waals surface area contributed by atoms with Crippen LogP contribution in [0, 0.1) is 0 Å². The Balaban J connectivity index is 1.90.